The molecule has 2 aliphatic rings. The van der Waals surface area contributed by atoms with Crippen molar-refractivity contribution in [3.05, 3.63) is 0 Å². The van der Waals surface area contributed by atoms with E-state index in [-0.39, 0.29) is 0 Å². The van der Waals surface area contributed by atoms with Crippen molar-refractivity contribution in [2.45, 2.75) is 63.4 Å². The van der Waals surface area contributed by atoms with Crippen LogP contribution in [0.4, 0.5) is 0 Å². The standard InChI is InChI=1S/C14H23NO2/c15-12-13(6-3-1-2-4-7-13)14(16)8-5-10-17-11-9-14/h16H,1-11H2. The van der Waals surface area contributed by atoms with Crippen molar-refractivity contribution in [1.29, 1.82) is 5.26 Å². The molecule has 1 aliphatic carbocycles. The second kappa shape index (κ2) is 5.37. The average molecular weight is 237 g/mol. The third kappa shape index (κ3) is 2.48. The second-order valence-corrected chi connectivity index (χ2v) is 5.61. The van der Waals surface area contributed by atoms with Gasteiger partial charge in [-0.2, -0.15) is 5.26 Å². The Kier molecular flexibility index (Phi) is 4.06. The second-order valence-electron chi connectivity index (χ2n) is 5.61. The van der Waals surface area contributed by atoms with Crippen LogP contribution in [0.2, 0.25) is 0 Å². The van der Waals surface area contributed by atoms with Crippen LogP contribution in [0.15, 0.2) is 0 Å². The fraction of sp³-hybridized carbons (Fsp3) is 0.929. The molecule has 1 saturated carbocycles. The molecule has 0 aromatic carbocycles. The van der Waals surface area contributed by atoms with E-state index in [9.17, 15) is 10.4 Å². The number of nitriles is 1. The summed E-state index contributed by atoms with van der Waals surface area (Å²) in [6, 6.07) is 2.49. The van der Waals surface area contributed by atoms with E-state index in [4.69, 9.17) is 4.74 Å². The van der Waals surface area contributed by atoms with Gasteiger partial charge in [0.1, 0.15) is 0 Å². The van der Waals surface area contributed by atoms with Crippen molar-refractivity contribution in [3.8, 4) is 6.07 Å². The Labute approximate surface area is 104 Å². The summed E-state index contributed by atoms with van der Waals surface area (Å²) in [5.74, 6) is 0. The maximum atomic E-state index is 10.9. The number of hydrogen-bond acceptors (Lipinski definition) is 3. The van der Waals surface area contributed by atoms with Gasteiger partial charge in [0.25, 0.3) is 0 Å². The van der Waals surface area contributed by atoms with E-state index in [1.54, 1.807) is 0 Å². The van der Waals surface area contributed by atoms with Crippen molar-refractivity contribution >= 4 is 0 Å². The van der Waals surface area contributed by atoms with Crippen LogP contribution in [0.5, 0.6) is 0 Å². The summed E-state index contributed by atoms with van der Waals surface area (Å²) < 4.78 is 5.43. The quantitative estimate of drug-likeness (QED) is 0.713. The van der Waals surface area contributed by atoms with Crippen LogP contribution in [0.3, 0.4) is 0 Å². The van der Waals surface area contributed by atoms with Gasteiger partial charge in [-0.15, -0.1) is 0 Å². The summed E-state index contributed by atoms with van der Waals surface area (Å²) in [5.41, 5.74) is -1.33. The van der Waals surface area contributed by atoms with Gasteiger partial charge < -0.3 is 9.84 Å². The molecule has 1 aliphatic heterocycles. The Morgan fingerprint density at radius 1 is 0.882 bits per heavy atom. The molecule has 1 heterocycles. The Morgan fingerprint density at radius 3 is 2.24 bits per heavy atom. The minimum Gasteiger partial charge on any atom is -0.388 e. The van der Waals surface area contributed by atoms with E-state index in [0.717, 1.165) is 45.1 Å². The molecule has 0 bridgehead atoms. The molecule has 0 aromatic heterocycles. The zero-order valence-corrected chi connectivity index (χ0v) is 10.6. The number of ether oxygens (including phenoxy) is 1. The van der Waals surface area contributed by atoms with Gasteiger partial charge in [-0.1, -0.05) is 25.7 Å². The van der Waals surface area contributed by atoms with E-state index < -0.39 is 11.0 Å². The van der Waals surface area contributed by atoms with Gasteiger partial charge in [0.15, 0.2) is 0 Å². The molecule has 1 N–H and O–H groups in total. The Morgan fingerprint density at radius 2 is 1.59 bits per heavy atom. The first kappa shape index (κ1) is 12.9. The predicted octanol–water partition coefficient (Wildman–Crippen LogP) is 2.78. The smallest absolute Gasteiger partial charge is 0.0861 e. The van der Waals surface area contributed by atoms with Gasteiger partial charge in [-0.05, 0) is 25.7 Å². The highest BCUT2D eigenvalue weighted by atomic mass is 16.5. The lowest BCUT2D eigenvalue weighted by molar-refractivity contribution is -0.0766. The lowest BCUT2D eigenvalue weighted by Gasteiger charge is -2.42. The van der Waals surface area contributed by atoms with Crippen LogP contribution >= 0.6 is 0 Å². The van der Waals surface area contributed by atoms with Gasteiger partial charge in [0.05, 0.1) is 17.1 Å². The predicted molar refractivity (Wildman–Crippen MR) is 65.4 cm³/mol. The molecule has 2 rings (SSSR count). The molecule has 0 spiro atoms. The highest BCUT2D eigenvalue weighted by molar-refractivity contribution is 5.12. The van der Waals surface area contributed by atoms with Gasteiger partial charge >= 0.3 is 0 Å². The molecule has 1 saturated heterocycles. The van der Waals surface area contributed by atoms with Crippen LogP contribution in [0.1, 0.15) is 57.8 Å². The maximum Gasteiger partial charge on any atom is 0.0861 e. The van der Waals surface area contributed by atoms with Crippen molar-refractivity contribution in [1.82, 2.24) is 0 Å². The first-order chi connectivity index (χ1) is 8.22. The summed E-state index contributed by atoms with van der Waals surface area (Å²) in [6.07, 6.45) is 8.51. The van der Waals surface area contributed by atoms with E-state index in [2.05, 4.69) is 6.07 Å². The van der Waals surface area contributed by atoms with E-state index in [1.807, 2.05) is 0 Å². The lowest BCUT2D eigenvalue weighted by atomic mass is 9.65. The normalized spacial score (nSPS) is 34.4. The topological polar surface area (TPSA) is 53.2 Å². The molecular weight excluding hydrogens is 214 g/mol. The van der Waals surface area contributed by atoms with Crippen LogP contribution < -0.4 is 0 Å². The molecule has 0 aromatic rings. The summed E-state index contributed by atoms with van der Waals surface area (Å²) >= 11 is 0. The SMILES string of the molecule is N#CC1(C2(O)CCCOCC2)CCCCCC1. The summed E-state index contributed by atoms with van der Waals surface area (Å²) in [4.78, 5) is 0. The van der Waals surface area contributed by atoms with Crippen LogP contribution in [0.25, 0.3) is 0 Å². The lowest BCUT2D eigenvalue weighted by Crippen LogP contribution is -2.47. The number of nitrogens with zero attached hydrogens (tertiary/aromatic N) is 1. The van der Waals surface area contributed by atoms with E-state index in [1.165, 1.54) is 12.8 Å². The third-order valence-corrected chi connectivity index (χ3v) is 4.60. The minimum absolute atomic E-state index is 0.517. The molecule has 17 heavy (non-hydrogen) atoms. The van der Waals surface area contributed by atoms with E-state index in [0.29, 0.717) is 13.0 Å². The Bertz CT molecular complexity index is 279. The summed E-state index contributed by atoms with van der Waals surface area (Å²) in [5, 5.41) is 20.6. The highest BCUT2D eigenvalue weighted by Gasteiger charge is 2.50. The summed E-state index contributed by atoms with van der Waals surface area (Å²) in [7, 11) is 0. The first-order valence-corrected chi connectivity index (χ1v) is 6.94. The molecule has 96 valence electrons. The van der Waals surface area contributed by atoms with Gasteiger partial charge in [-0.25, -0.2) is 0 Å². The number of hydrogen-bond donors (Lipinski definition) is 1. The maximum absolute atomic E-state index is 10.9. The molecule has 1 atom stereocenters. The Hall–Kier alpha value is -0.590. The molecule has 0 amide bonds. The molecule has 3 heteroatoms. The van der Waals surface area contributed by atoms with E-state index >= 15 is 0 Å². The molecule has 1 unspecified atom stereocenters. The minimum atomic E-state index is -0.817. The van der Waals surface area contributed by atoms with Crippen LogP contribution in [-0.4, -0.2) is 23.9 Å². The molecule has 0 radical (unpaired) electrons. The molecule has 3 nitrogen and oxygen atoms in total. The number of rotatable bonds is 1. The fourth-order valence-corrected chi connectivity index (χ4v) is 3.43. The van der Waals surface area contributed by atoms with Crippen LogP contribution in [-0.2, 0) is 4.74 Å². The highest BCUT2D eigenvalue weighted by Crippen LogP contribution is 2.47. The summed E-state index contributed by atoms with van der Waals surface area (Å²) in [6.45, 7) is 1.32. The van der Waals surface area contributed by atoms with Gasteiger partial charge in [0.2, 0.25) is 0 Å². The zero-order valence-electron chi connectivity index (χ0n) is 10.6. The largest absolute Gasteiger partial charge is 0.388 e. The number of aliphatic hydroxyl groups is 1. The first-order valence-electron chi connectivity index (χ1n) is 6.94. The molecule has 2 fully saturated rings. The molecular formula is C14H23NO2. The van der Waals surface area contributed by atoms with Crippen molar-refractivity contribution in [3.63, 3.8) is 0 Å². The monoisotopic (exact) mass is 237 g/mol. The van der Waals surface area contributed by atoms with Crippen molar-refractivity contribution in [2.75, 3.05) is 13.2 Å². The Balaban J connectivity index is 2.21. The fourth-order valence-electron chi connectivity index (χ4n) is 3.43. The van der Waals surface area contributed by atoms with Crippen molar-refractivity contribution < 1.29 is 9.84 Å². The van der Waals surface area contributed by atoms with Crippen molar-refractivity contribution in [2.24, 2.45) is 5.41 Å². The van der Waals surface area contributed by atoms with Gasteiger partial charge in [0, 0.05) is 19.6 Å². The van der Waals surface area contributed by atoms with Gasteiger partial charge in [-0.3, -0.25) is 0 Å². The third-order valence-electron chi connectivity index (χ3n) is 4.60. The zero-order chi connectivity index (χ0) is 12.2. The van der Waals surface area contributed by atoms with Crippen LogP contribution in [0, 0.1) is 16.7 Å². The average Bonchev–Trinajstić information content (AvgIpc) is 2.70.